The highest BCUT2D eigenvalue weighted by Crippen LogP contribution is 2.20. The molecule has 1 aromatic carbocycles. The number of nitrogens with zero attached hydrogens (tertiary/aromatic N) is 1. The zero-order valence-corrected chi connectivity index (χ0v) is 15.4. The Morgan fingerprint density at radius 2 is 1.96 bits per heavy atom. The molecule has 0 radical (unpaired) electrons. The summed E-state index contributed by atoms with van der Waals surface area (Å²) in [5.74, 6) is 0.983. The van der Waals surface area contributed by atoms with Crippen LogP contribution in [0.3, 0.4) is 0 Å². The molecule has 3 nitrogen and oxygen atoms in total. The Morgan fingerprint density at radius 1 is 1.22 bits per heavy atom. The van der Waals surface area contributed by atoms with Crippen LogP contribution in [0.5, 0.6) is 0 Å². The molecule has 1 aromatic rings. The number of esters is 1. The summed E-state index contributed by atoms with van der Waals surface area (Å²) < 4.78 is 7.17. The van der Waals surface area contributed by atoms with Crippen LogP contribution in [0.15, 0.2) is 42.0 Å². The molecule has 2 rings (SSSR count). The van der Waals surface area contributed by atoms with E-state index in [1.165, 1.54) is 18.4 Å². The maximum Gasteiger partial charge on any atom is 0.335 e. The summed E-state index contributed by atoms with van der Waals surface area (Å²) in [7, 11) is 0. The monoisotopic (exact) mass is 335 g/mol. The molecule has 0 bridgehead atoms. The number of unbranched alkanes of at least 4 members (excludes halogenated alkanes) is 1. The van der Waals surface area contributed by atoms with Crippen LogP contribution in [-0.4, -0.2) is 35.7 Å². The van der Waals surface area contributed by atoms with Gasteiger partial charge < -0.3 is 4.74 Å². The van der Waals surface area contributed by atoms with Crippen LogP contribution in [0.2, 0.25) is 0 Å². The van der Waals surface area contributed by atoms with Crippen molar-refractivity contribution >= 4 is 17.9 Å². The van der Waals surface area contributed by atoms with E-state index in [2.05, 4.69) is 42.4 Å². The summed E-state index contributed by atoms with van der Waals surface area (Å²) >= 11 is 1.82. The molecule has 0 spiro atoms. The molecule has 0 saturated carbocycles. The van der Waals surface area contributed by atoms with Crippen molar-refractivity contribution in [3.63, 3.8) is 0 Å². The van der Waals surface area contributed by atoms with Crippen molar-refractivity contribution in [3.05, 3.63) is 47.5 Å². The average Bonchev–Trinajstić information content (AvgIpc) is 3.06. The molecule has 0 amide bonds. The molecule has 1 aliphatic heterocycles. The number of aryl methyl sites for hydroxylation is 1. The number of rotatable bonds is 7. The van der Waals surface area contributed by atoms with E-state index >= 15 is 0 Å². The normalized spacial score (nSPS) is 14.0. The third kappa shape index (κ3) is 8.24. The number of carbonyl (C=O) groups is 1. The zero-order valence-electron chi connectivity index (χ0n) is 14.6. The summed E-state index contributed by atoms with van der Waals surface area (Å²) in [5, 5.41) is 0. The molecule has 1 heterocycles. The molecule has 4 heteroatoms. The Hall–Kier alpha value is -1.26. The third-order valence-electron chi connectivity index (χ3n) is 3.45. The molecule has 0 aromatic heterocycles. The van der Waals surface area contributed by atoms with Gasteiger partial charge in [-0.15, -0.1) is 0 Å². The third-order valence-corrected chi connectivity index (χ3v) is 4.56. The Balaban J connectivity index is 0.000000277. The number of carbonyl (C=O) groups excluding carboxylic acids is 1. The summed E-state index contributed by atoms with van der Waals surface area (Å²) in [6.45, 7) is 8.23. The van der Waals surface area contributed by atoms with Gasteiger partial charge in [0.25, 0.3) is 0 Å². The van der Waals surface area contributed by atoms with Crippen molar-refractivity contribution in [1.82, 2.24) is 4.31 Å². The molecular weight excluding hydrogens is 306 g/mol. The van der Waals surface area contributed by atoms with Gasteiger partial charge in [-0.3, -0.25) is 0 Å². The lowest BCUT2D eigenvalue weighted by Crippen LogP contribution is -2.16. The quantitative estimate of drug-likeness (QED) is 0.417. The second-order valence-electron chi connectivity index (χ2n) is 5.30. The van der Waals surface area contributed by atoms with Gasteiger partial charge in [0.2, 0.25) is 0 Å². The van der Waals surface area contributed by atoms with E-state index in [1.807, 2.05) is 31.0 Å². The van der Waals surface area contributed by atoms with E-state index in [1.54, 1.807) is 0 Å². The largest absolute Gasteiger partial charge is 0.463 e. The molecule has 1 aliphatic rings. The van der Waals surface area contributed by atoms with E-state index < -0.39 is 0 Å². The fraction of sp³-hybridized carbons (Fsp3) is 0.526. The standard InChI is InChI=1S/C11H19NO2S.C8H10/c1-3-5-8-15-12-7-6-10(9-12)11(13)14-4-2;1-2-8-6-4-3-5-7-8/h6H,3-5,7-9H2,1-2H3;3-7H,2H2,1H3. The SMILES string of the molecule is CCCCSN1CC=C(C(=O)OCC)C1.CCc1ccccc1. The number of benzene rings is 1. The lowest BCUT2D eigenvalue weighted by Gasteiger charge is -2.13. The Kier molecular flexibility index (Phi) is 10.5. The highest BCUT2D eigenvalue weighted by Gasteiger charge is 2.20. The van der Waals surface area contributed by atoms with Crippen LogP contribution in [0.25, 0.3) is 0 Å². The predicted octanol–water partition coefficient (Wildman–Crippen LogP) is 4.49. The van der Waals surface area contributed by atoms with Crippen molar-refractivity contribution in [1.29, 1.82) is 0 Å². The van der Waals surface area contributed by atoms with E-state index in [-0.39, 0.29) is 5.97 Å². The second kappa shape index (κ2) is 12.2. The van der Waals surface area contributed by atoms with Crippen LogP contribution in [-0.2, 0) is 16.0 Å². The highest BCUT2D eigenvalue weighted by atomic mass is 32.2. The van der Waals surface area contributed by atoms with Crippen molar-refractivity contribution in [2.75, 3.05) is 25.4 Å². The summed E-state index contributed by atoms with van der Waals surface area (Å²) in [6, 6.07) is 10.5. The van der Waals surface area contributed by atoms with Gasteiger partial charge >= 0.3 is 5.97 Å². The first kappa shape index (κ1) is 19.8. The molecule has 0 saturated heterocycles. The van der Waals surface area contributed by atoms with Gasteiger partial charge in [-0.25, -0.2) is 9.10 Å². The van der Waals surface area contributed by atoms with Crippen molar-refractivity contribution in [2.24, 2.45) is 0 Å². The summed E-state index contributed by atoms with van der Waals surface area (Å²) in [4.78, 5) is 11.4. The van der Waals surface area contributed by atoms with Crippen molar-refractivity contribution < 1.29 is 9.53 Å². The van der Waals surface area contributed by atoms with E-state index in [0.717, 1.165) is 30.8 Å². The molecule has 0 N–H and O–H groups in total. The van der Waals surface area contributed by atoms with Gasteiger partial charge in [0, 0.05) is 24.4 Å². The maximum absolute atomic E-state index is 11.4. The Bertz CT molecular complexity index is 474. The van der Waals surface area contributed by atoms with Gasteiger partial charge in [-0.05, 0) is 25.3 Å². The first-order valence-corrected chi connectivity index (χ1v) is 9.43. The van der Waals surface area contributed by atoms with Gasteiger partial charge in [0.15, 0.2) is 0 Å². The minimum Gasteiger partial charge on any atom is -0.463 e. The van der Waals surface area contributed by atoms with Crippen LogP contribution < -0.4 is 0 Å². The molecule has 23 heavy (non-hydrogen) atoms. The molecule has 128 valence electrons. The Labute approximate surface area is 145 Å². The fourth-order valence-electron chi connectivity index (χ4n) is 2.05. The fourth-order valence-corrected chi connectivity index (χ4v) is 3.14. The second-order valence-corrected chi connectivity index (χ2v) is 6.48. The van der Waals surface area contributed by atoms with Crippen LogP contribution >= 0.6 is 11.9 Å². The van der Waals surface area contributed by atoms with Crippen LogP contribution in [0, 0.1) is 0 Å². The van der Waals surface area contributed by atoms with Gasteiger partial charge in [-0.2, -0.15) is 0 Å². The number of ether oxygens (including phenoxy) is 1. The zero-order chi connectivity index (χ0) is 16.9. The maximum atomic E-state index is 11.4. The predicted molar refractivity (Wildman–Crippen MR) is 99.5 cm³/mol. The van der Waals surface area contributed by atoms with Crippen LogP contribution in [0.1, 0.15) is 39.2 Å². The molecule has 0 atom stereocenters. The van der Waals surface area contributed by atoms with Crippen molar-refractivity contribution in [3.8, 4) is 0 Å². The first-order valence-electron chi connectivity index (χ1n) is 8.49. The van der Waals surface area contributed by atoms with E-state index in [9.17, 15) is 4.79 Å². The Morgan fingerprint density at radius 3 is 2.52 bits per heavy atom. The lowest BCUT2D eigenvalue weighted by molar-refractivity contribution is -0.138. The highest BCUT2D eigenvalue weighted by molar-refractivity contribution is 7.97. The minimum atomic E-state index is -0.156. The van der Waals surface area contributed by atoms with E-state index in [0.29, 0.717) is 6.61 Å². The molecule has 0 aliphatic carbocycles. The smallest absolute Gasteiger partial charge is 0.335 e. The number of hydrogen-bond acceptors (Lipinski definition) is 4. The lowest BCUT2D eigenvalue weighted by atomic mass is 10.2. The number of hydrogen-bond donors (Lipinski definition) is 0. The van der Waals surface area contributed by atoms with Gasteiger partial charge in [0.05, 0.1) is 6.61 Å². The average molecular weight is 336 g/mol. The van der Waals surface area contributed by atoms with Crippen LogP contribution in [0.4, 0.5) is 0 Å². The van der Waals surface area contributed by atoms with Crippen molar-refractivity contribution in [2.45, 2.75) is 40.0 Å². The molecule has 0 fully saturated rings. The first-order chi connectivity index (χ1) is 11.2. The molecular formula is C19H29NO2S. The molecule has 0 unspecified atom stereocenters. The topological polar surface area (TPSA) is 29.5 Å². The van der Waals surface area contributed by atoms with E-state index in [4.69, 9.17) is 4.74 Å². The van der Waals surface area contributed by atoms with Gasteiger partial charge in [-0.1, -0.05) is 68.6 Å². The van der Waals surface area contributed by atoms with Gasteiger partial charge in [0.1, 0.15) is 0 Å². The summed E-state index contributed by atoms with van der Waals surface area (Å²) in [6.07, 6.45) is 5.56. The summed E-state index contributed by atoms with van der Waals surface area (Å²) in [5.41, 5.74) is 2.22. The minimum absolute atomic E-state index is 0.156.